The first-order valence-corrected chi connectivity index (χ1v) is 8.52. The maximum absolute atomic E-state index is 12.5. The SMILES string of the molecule is CCNC(=O)c1cccc(NC(=O)N(C)C(C2CC2)C2CC2)c1. The van der Waals surface area contributed by atoms with Crippen molar-refractivity contribution in [2.75, 3.05) is 18.9 Å². The van der Waals surface area contributed by atoms with Crippen LogP contribution in [0, 0.1) is 11.8 Å². The van der Waals surface area contributed by atoms with E-state index < -0.39 is 0 Å². The second-order valence-corrected chi connectivity index (χ2v) is 6.65. The summed E-state index contributed by atoms with van der Waals surface area (Å²) in [6, 6.07) is 7.38. The molecule has 0 unspecified atom stereocenters. The van der Waals surface area contributed by atoms with E-state index in [1.807, 2.05) is 24.9 Å². The summed E-state index contributed by atoms with van der Waals surface area (Å²) in [5.74, 6) is 1.24. The molecular weight excluding hydrogens is 290 g/mol. The van der Waals surface area contributed by atoms with Gasteiger partial charge in [-0.2, -0.15) is 0 Å². The second kappa shape index (κ2) is 6.60. The molecule has 0 aromatic heterocycles. The summed E-state index contributed by atoms with van der Waals surface area (Å²) in [5, 5.41) is 5.70. The molecule has 0 heterocycles. The van der Waals surface area contributed by atoms with E-state index in [9.17, 15) is 9.59 Å². The molecule has 3 rings (SSSR count). The van der Waals surface area contributed by atoms with Crippen LogP contribution in [0.25, 0.3) is 0 Å². The summed E-state index contributed by atoms with van der Waals surface area (Å²) in [4.78, 5) is 26.3. The number of hydrogen-bond donors (Lipinski definition) is 2. The van der Waals surface area contributed by atoms with Crippen molar-refractivity contribution in [3.05, 3.63) is 29.8 Å². The first-order valence-electron chi connectivity index (χ1n) is 8.52. The molecule has 2 aliphatic carbocycles. The maximum Gasteiger partial charge on any atom is 0.321 e. The minimum absolute atomic E-state index is 0.0816. The highest BCUT2D eigenvalue weighted by Gasteiger charge is 2.44. The average Bonchev–Trinajstić information content (AvgIpc) is 3.42. The quantitative estimate of drug-likeness (QED) is 0.847. The van der Waals surface area contributed by atoms with Gasteiger partial charge in [0.25, 0.3) is 5.91 Å². The van der Waals surface area contributed by atoms with Gasteiger partial charge >= 0.3 is 6.03 Å². The molecule has 0 spiro atoms. The Labute approximate surface area is 137 Å². The van der Waals surface area contributed by atoms with Crippen molar-refractivity contribution >= 4 is 17.6 Å². The Morgan fingerprint density at radius 2 is 1.87 bits per heavy atom. The van der Waals surface area contributed by atoms with Gasteiger partial charge in [0.15, 0.2) is 0 Å². The first-order chi connectivity index (χ1) is 11.1. The number of amides is 3. The lowest BCUT2D eigenvalue weighted by molar-refractivity contribution is 0.0956. The number of nitrogens with zero attached hydrogens (tertiary/aromatic N) is 1. The molecule has 5 heteroatoms. The van der Waals surface area contributed by atoms with Crippen molar-refractivity contribution in [3.8, 4) is 0 Å². The van der Waals surface area contributed by atoms with Crippen molar-refractivity contribution in [1.82, 2.24) is 10.2 Å². The van der Waals surface area contributed by atoms with Gasteiger partial charge in [0.2, 0.25) is 0 Å². The molecule has 0 atom stereocenters. The number of carbonyl (C=O) groups is 2. The van der Waals surface area contributed by atoms with Gasteiger partial charge in [0, 0.05) is 30.9 Å². The zero-order valence-corrected chi connectivity index (χ0v) is 13.8. The first kappa shape index (κ1) is 15.8. The van der Waals surface area contributed by atoms with E-state index in [-0.39, 0.29) is 11.9 Å². The van der Waals surface area contributed by atoms with Crippen LogP contribution >= 0.6 is 0 Å². The Kier molecular flexibility index (Phi) is 4.55. The molecule has 2 N–H and O–H groups in total. The Balaban J connectivity index is 1.65. The van der Waals surface area contributed by atoms with Crippen LogP contribution in [0.3, 0.4) is 0 Å². The van der Waals surface area contributed by atoms with Crippen LogP contribution in [0.15, 0.2) is 24.3 Å². The highest BCUT2D eigenvalue weighted by atomic mass is 16.2. The van der Waals surface area contributed by atoms with Crippen LogP contribution in [-0.4, -0.2) is 36.5 Å². The smallest absolute Gasteiger partial charge is 0.321 e. The molecule has 2 saturated carbocycles. The molecular formula is C18H25N3O2. The van der Waals surface area contributed by atoms with E-state index in [0.717, 1.165) is 0 Å². The number of hydrogen-bond acceptors (Lipinski definition) is 2. The highest BCUT2D eigenvalue weighted by molar-refractivity contribution is 5.96. The zero-order chi connectivity index (χ0) is 16.4. The number of urea groups is 1. The lowest BCUT2D eigenvalue weighted by Crippen LogP contribution is -2.42. The molecule has 3 amide bonds. The van der Waals surface area contributed by atoms with Gasteiger partial charge in [-0.1, -0.05) is 6.07 Å². The van der Waals surface area contributed by atoms with Gasteiger partial charge in [-0.05, 0) is 62.6 Å². The molecule has 2 fully saturated rings. The van der Waals surface area contributed by atoms with Crippen LogP contribution in [-0.2, 0) is 0 Å². The summed E-state index contributed by atoms with van der Waals surface area (Å²) in [5.41, 5.74) is 1.23. The highest BCUT2D eigenvalue weighted by Crippen LogP contribution is 2.46. The third kappa shape index (κ3) is 3.84. The predicted octanol–water partition coefficient (Wildman–Crippen LogP) is 3.09. The van der Waals surface area contributed by atoms with Gasteiger partial charge < -0.3 is 15.5 Å². The van der Waals surface area contributed by atoms with Crippen molar-refractivity contribution in [3.63, 3.8) is 0 Å². The summed E-state index contributed by atoms with van der Waals surface area (Å²) in [7, 11) is 1.89. The zero-order valence-electron chi connectivity index (χ0n) is 13.8. The minimum Gasteiger partial charge on any atom is -0.352 e. The van der Waals surface area contributed by atoms with Crippen molar-refractivity contribution < 1.29 is 9.59 Å². The van der Waals surface area contributed by atoms with Gasteiger partial charge in [-0.3, -0.25) is 4.79 Å². The lowest BCUT2D eigenvalue weighted by Gasteiger charge is -2.28. The monoisotopic (exact) mass is 315 g/mol. The topological polar surface area (TPSA) is 61.4 Å². The van der Waals surface area contributed by atoms with E-state index in [0.29, 0.717) is 35.7 Å². The Hall–Kier alpha value is -2.04. The van der Waals surface area contributed by atoms with Gasteiger partial charge in [-0.25, -0.2) is 4.79 Å². The van der Waals surface area contributed by atoms with Crippen LogP contribution in [0.5, 0.6) is 0 Å². The molecule has 0 bridgehead atoms. The third-order valence-electron chi connectivity index (χ3n) is 4.69. The average molecular weight is 315 g/mol. The Morgan fingerprint density at radius 1 is 1.22 bits per heavy atom. The molecule has 2 aliphatic rings. The van der Waals surface area contributed by atoms with E-state index in [1.54, 1.807) is 18.2 Å². The Morgan fingerprint density at radius 3 is 2.43 bits per heavy atom. The van der Waals surface area contributed by atoms with Crippen molar-refractivity contribution in [2.45, 2.75) is 38.6 Å². The standard InChI is InChI=1S/C18H25N3O2/c1-3-19-17(22)14-5-4-6-15(11-14)20-18(23)21(2)16(12-7-8-12)13-9-10-13/h4-6,11-13,16H,3,7-10H2,1-2H3,(H,19,22)(H,20,23). The number of nitrogens with one attached hydrogen (secondary N) is 2. The number of anilines is 1. The second-order valence-electron chi connectivity index (χ2n) is 6.65. The normalized spacial score (nSPS) is 17.0. The number of carbonyl (C=O) groups excluding carboxylic acids is 2. The molecule has 5 nitrogen and oxygen atoms in total. The van der Waals surface area contributed by atoms with Crippen molar-refractivity contribution in [1.29, 1.82) is 0 Å². The molecule has 124 valence electrons. The van der Waals surface area contributed by atoms with E-state index in [2.05, 4.69) is 10.6 Å². The molecule has 0 radical (unpaired) electrons. The van der Waals surface area contributed by atoms with Crippen LogP contribution in [0.4, 0.5) is 10.5 Å². The Bertz CT molecular complexity index is 582. The third-order valence-corrected chi connectivity index (χ3v) is 4.69. The van der Waals surface area contributed by atoms with Crippen LogP contribution in [0.2, 0.25) is 0 Å². The summed E-state index contributed by atoms with van der Waals surface area (Å²) < 4.78 is 0. The fourth-order valence-corrected chi connectivity index (χ4v) is 3.24. The van der Waals surface area contributed by atoms with Gasteiger partial charge in [-0.15, -0.1) is 0 Å². The predicted molar refractivity (Wildman–Crippen MR) is 90.5 cm³/mol. The fraction of sp³-hybridized carbons (Fsp3) is 0.556. The minimum atomic E-state index is -0.120. The van der Waals surface area contributed by atoms with Crippen LogP contribution < -0.4 is 10.6 Å². The molecule has 0 saturated heterocycles. The fourth-order valence-electron chi connectivity index (χ4n) is 3.24. The van der Waals surface area contributed by atoms with E-state index in [4.69, 9.17) is 0 Å². The molecule has 0 aliphatic heterocycles. The van der Waals surface area contributed by atoms with Crippen LogP contribution in [0.1, 0.15) is 43.0 Å². The molecule has 1 aromatic rings. The maximum atomic E-state index is 12.5. The summed E-state index contributed by atoms with van der Waals surface area (Å²) >= 11 is 0. The molecule has 1 aromatic carbocycles. The molecule has 23 heavy (non-hydrogen) atoms. The van der Waals surface area contributed by atoms with Gasteiger partial charge in [0.1, 0.15) is 0 Å². The number of benzene rings is 1. The van der Waals surface area contributed by atoms with Crippen molar-refractivity contribution in [2.24, 2.45) is 11.8 Å². The lowest BCUT2D eigenvalue weighted by atomic mass is 10.1. The largest absolute Gasteiger partial charge is 0.352 e. The summed E-state index contributed by atoms with van der Waals surface area (Å²) in [6.45, 7) is 2.47. The van der Waals surface area contributed by atoms with E-state index in [1.165, 1.54) is 25.7 Å². The van der Waals surface area contributed by atoms with Gasteiger partial charge in [0.05, 0.1) is 0 Å². The summed E-state index contributed by atoms with van der Waals surface area (Å²) in [6.07, 6.45) is 4.97. The number of rotatable bonds is 6. The van der Waals surface area contributed by atoms with E-state index >= 15 is 0 Å².